The van der Waals surface area contributed by atoms with Gasteiger partial charge in [0.25, 0.3) is 0 Å². The largest absolute Gasteiger partial charge is 0.380 e. The molecule has 0 bridgehead atoms. The molecule has 0 radical (unpaired) electrons. The molecular weight excluding hydrogens is 312 g/mol. The summed E-state index contributed by atoms with van der Waals surface area (Å²) in [5.74, 6) is 0. The maximum atomic E-state index is 12.6. The van der Waals surface area contributed by atoms with E-state index >= 15 is 0 Å². The van der Waals surface area contributed by atoms with Crippen LogP contribution in [0.4, 0.5) is 0 Å². The van der Waals surface area contributed by atoms with Gasteiger partial charge >= 0.3 is 0 Å². The Morgan fingerprint density at radius 3 is 2.81 bits per heavy atom. The third-order valence-corrected chi connectivity index (χ3v) is 5.70. The zero-order chi connectivity index (χ0) is 15.5. The van der Waals surface area contributed by atoms with Crippen molar-refractivity contribution >= 4 is 21.6 Å². The molecular formula is C14H21ClN2O3S. The molecule has 21 heavy (non-hydrogen) atoms. The van der Waals surface area contributed by atoms with Crippen LogP contribution in [-0.4, -0.2) is 34.7 Å². The van der Waals surface area contributed by atoms with E-state index in [0.717, 1.165) is 24.8 Å². The summed E-state index contributed by atoms with van der Waals surface area (Å²) < 4.78 is 33.2. The quantitative estimate of drug-likeness (QED) is 0.835. The van der Waals surface area contributed by atoms with Gasteiger partial charge in [-0.25, -0.2) is 13.1 Å². The maximum Gasteiger partial charge on any atom is 0.242 e. The Bertz CT molecular complexity index is 592. The molecule has 0 spiro atoms. The van der Waals surface area contributed by atoms with Crippen LogP contribution in [0.3, 0.4) is 0 Å². The van der Waals surface area contributed by atoms with Crippen LogP contribution in [-0.2, 0) is 21.3 Å². The number of benzene rings is 1. The third-order valence-electron chi connectivity index (χ3n) is 3.73. The summed E-state index contributed by atoms with van der Waals surface area (Å²) in [5, 5.41) is 3.22. The van der Waals surface area contributed by atoms with Crippen molar-refractivity contribution in [2.24, 2.45) is 0 Å². The fourth-order valence-corrected chi connectivity index (χ4v) is 4.52. The van der Waals surface area contributed by atoms with E-state index < -0.39 is 10.0 Å². The number of hydrogen-bond donors (Lipinski definition) is 2. The number of rotatable bonds is 6. The van der Waals surface area contributed by atoms with E-state index in [1.54, 1.807) is 19.2 Å². The summed E-state index contributed by atoms with van der Waals surface area (Å²) in [6.07, 6.45) is 2.54. The Labute approximate surface area is 131 Å². The average molecular weight is 333 g/mol. The highest BCUT2D eigenvalue weighted by molar-refractivity contribution is 7.89. The van der Waals surface area contributed by atoms with E-state index in [1.807, 2.05) is 13.1 Å². The second kappa shape index (κ2) is 7.07. The van der Waals surface area contributed by atoms with Gasteiger partial charge in [0.15, 0.2) is 0 Å². The molecule has 2 atom stereocenters. The smallest absolute Gasteiger partial charge is 0.242 e. The summed E-state index contributed by atoms with van der Waals surface area (Å²) >= 11 is 6.07. The summed E-state index contributed by atoms with van der Waals surface area (Å²) in [6, 6.07) is 4.85. The highest BCUT2D eigenvalue weighted by Crippen LogP contribution is 2.26. The molecule has 2 unspecified atom stereocenters. The normalized spacial score (nSPS) is 22.6. The molecule has 0 heterocycles. The van der Waals surface area contributed by atoms with E-state index in [4.69, 9.17) is 16.3 Å². The molecule has 1 fully saturated rings. The van der Waals surface area contributed by atoms with Gasteiger partial charge in [-0.15, -0.1) is 0 Å². The van der Waals surface area contributed by atoms with Gasteiger partial charge in [0, 0.05) is 19.7 Å². The van der Waals surface area contributed by atoms with E-state index in [2.05, 4.69) is 10.0 Å². The lowest BCUT2D eigenvalue weighted by Crippen LogP contribution is -2.40. The minimum Gasteiger partial charge on any atom is -0.380 e. The summed E-state index contributed by atoms with van der Waals surface area (Å²) in [4.78, 5) is 0.124. The Balaban J connectivity index is 2.24. The van der Waals surface area contributed by atoms with Gasteiger partial charge in [0.05, 0.1) is 11.1 Å². The Hall–Kier alpha value is -0.660. The van der Waals surface area contributed by atoms with Crippen LogP contribution in [0, 0.1) is 0 Å². The van der Waals surface area contributed by atoms with Crippen LogP contribution >= 0.6 is 11.6 Å². The maximum absolute atomic E-state index is 12.6. The SMILES string of the molecule is CNCc1ccc(Cl)c(S(=O)(=O)NC2CCCC2OC)c1. The predicted molar refractivity (Wildman–Crippen MR) is 83.0 cm³/mol. The van der Waals surface area contributed by atoms with Crippen molar-refractivity contribution in [3.63, 3.8) is 0 Å². The van der Waals surface area contributed by atoms with Gasteiger partial charge < -0.3 is 10.1 Å². The van der Waals surface area contributed by atoms with Crippen LogP contribution in [0.15, 0.2) is 23.1 Å². The standard InChI is InChI=1S/C14H21ClN2O3S/c1-16-9-10-6-7-11(15)14(8-10)21(18,19)17-12-4-3-5-13(12)20-2/h6-8,12-13,16-17H,3-5,9H2,1-2H3. The van der Waals surface area contributed by atoms with Crippen LogP contribution in [0.5, 0.6) is 0 Å². The van der Waals surface area contributed by atoms with E-state index in [-0.39, 0.29) is 22.1 Å². The zero-order valence-electron chi connectivity index (χ0n) is 12.2. The minimum atomic E-state index is -3.65. The number of hydrogen-bond acceptors (Lipinski definition) is 4. The van der Waals surface area contributed by atoms with Crippen LogP contribution in [0.25, 0.3) is 0 Å². The Kier molecular flexibility index (Phi) is 5.62. The van der Waals surface area contributed by atoms with Crippen molar-refractivity contribution in [3.8, 4) is 0 Å². The molecule has 2 N–H and O–H groups in total. The number of methoxy groups -OCH3 is 1. The van der Waals surface area contributed by atoms with Crippen molar-refractivity contribution in [1.82, 2.24) is 10.0 Å². The van der Waals surface area contributed by atoms with Crippen molar-refractivity contribution < 1.29 is 13.2 Å². The van der Waals surface area contributed by atoms with Crippen LogP contribution in [0.1, 0.15) is 24.8 Å². The molecule has 0 saturated heterocycles. The van der Waals surface area contributed by atoms with E-state index in [9.17, 15) is 8.42 Å². The lowest BCUT2D eigenvalue weighted by Gasteiger charge is -2.20. The highest BCUT2D eigenvalue weighted by atomic mass is 35.5. The first-order valence-electron chi connectivity index (χ1n) is 6.96. The number of ether oxygens (including phenoxy) is 1. The van der Waals surface area contributed by atoms with Gasteiger partial charge in [0.1, 0.15) is 4.90 Å². The molecule has 1 aliphatic rings. The number of nitrogens with one attached hydrogen (secondary N) is 2. The monoisotopic (exact) mass is 332 g/mol. The van der Waals surface area contributed by atoms with Crippen LogP contribution < -0.4 is 10.0 Å². The molecule has 1 saturated carbocycles. The van der Waals surface area contributed by atoms with E-state index in [0.29, 0.717) is 6.54 Å². The van der Waals surface area contributed by atoms with Crippen molar-refractivity contribution in [3.05, 3.63) is 28.8 Å². The Morgan fingerprint density at radius 1 is 1.38 bits per heavy atom. The first kappa shape index (κ1) is 16.7. The average Bonchev–Trinajstić information content (AvgIpc) is 2.87. The van der Waals surface area contributed by atoms with Gasteiger partial charge in [0.2, 0.25) is 10.0 Å². The third kappa shape index (κ3) is 3.96. The summed E-state index contributed by atoms with van der Waals surface area (Å²) in [7, 11) is -0.231. The lowest BCUT2D eigenvalue weighted by atomic mass is 10.2. The second-order valence-corrected chi connectivity index (χ2v) is 7.32. The second-order valence-electron chi connectivity index (χ2n) is 5.23. The summed E-state index contributed by atoms with van der Waals surface area (Å²) in [6.45, 7) is 0.587. The lowest BCUT2D eigenvalue weighted by molar-refractivity contribution is 0.0916. The van der Waals surface area contributed by atoms with Crippen molar-refractivity contribution in [2.45, 2.75) is 42.8 Å². The molecule has 1 aromatic rings. The fourth-order valence-electron chi connectivity index (χ4n) is 2.67. The van der Waals surface area contributed by atoms with Gasteiger partial charge in [-0.3, -0.25) is 0 Å². The first-order valence-corrected chi connectivity index (χ1v) is 8.82. The predicted octanol–water partition coefficient (Wildman–Crippen LogP) is 1.91. The summed E-state index contributed by atoms with van der Waals surface area (Å²) in [5.41, 5.74) is 0.872. The molecule has 2 rings (SSSR count). The first-order chi connectivity index (χ1) is 9.97. The molecule has 0 amide bonds. The molecule has 7 heteroatoms. The molecule has 0 aromatic heterocycles. The van der Waals surface area contributed by atoms with Crippen molar-refractivity contribution in [2.75, 3.05) is 14.2 Å². The molecule has 1 aromatic carbocycles. The van der Waals surface area contributed by atoms with Crippen molar-refractivity contribution in [1.29, 1.82) is 0 Å². The zero-order valence-corrected chi connectivity index (χ0v) is 13.8. The number of sulfonamides is 1. The Morgan fingerprint density at radius 2 is 2.14 bits per heavy atom. The van der Waals surface area contributed by atoms with E-state index in [1.165, 1.54) is 0 Å². The topological polar surface area (TPSA) is 67.4 Å². The molecule has 1 aliphatic carbocycles. The number of halogens is 1. The minimum absolute atomic E-state index is 0.0703. The molecule has 5 nitrogen and oxygen atoms in total. The van der Waals surface area contributed by atoms with Crippen LogP contribution in [0.2, 0.25) is 5.02 Å². The van der Waals surface area contributed by atoms with Gasteiger partial charge in [-0.1, -0.05) is 17.7 Å². The molecule has 118 valence electrons. The van der Waals surface area contributed by atoms with Gasteiger partial charge in [-0.2, -0.15) is 0 Å². The highest BCUT2D eigenvalue weighted by Gasteiger charge is 2.32. The fraction of sp³-hybridized carbons (Fsp3) is 0.571. The van der Waals surface area contributed by atoms with Gasteiger partial charge in [-0.05, 0) is 44.0 Å². The molecule has 0 aliphatic heterocycles.